The van der Waals surface area contributed by atoms with Gasteiger partial charge in [-0.3, -0.25) is 0 Å². The van der Waals surface area contributed by atoms with E-state index in [-0.39, 0.29) is 6.29 Å². The number of nitrogens with zero attached hydrogens (tertiary/aromatic N) is 1. The second kappa shape index (κ2) is 4.66. The summed E-state index contributed by atoms with van der Waals surface area (Å²) in [5.41, 5.74) is 2.34. The highest BCUT2D eigenvalue weighted by Crippen LogP contribution is 2.22. The Labute approximate surface area is 96.1 Å². The summed E-state index contributed by atoms with van der Waals surface area (Å²) in [5.74, 6) is 1.17. The van der Waals surface area contributed by atoms with Crippen LogP contribution in [0.15, 0.2) is 29.3 Å². The lowest BCUT2D eigenvalue weighted by Gasteiger charge is -2.13. The van der Waals surface area contributed by atoms with Crippen molar-refractivity contribution >= 4 is 5.90 Å². The molecule has 1 aromatic carbocycles. The van der Waals surface area contributed by atoms with Crippen LogP contribution < -0.4 is 0 Å². The van der Waals surface area contributed by atoms with E-state index < -0.39 is 0 Å². The molecule has 1 heterocycles. The van der Waals surface area contributed by atoms with Gasteiger partial charge in [0, 0.05) is 12.7 Å². The topological polar surface area (TPSA) is 30.8 Å². The minimum Gasteiger partial charge on any atom is -0.446 e. The van der Waals surface area contributed by atoms with Crippen molar-refractivity contribution in [2.75, 3.05) is 13.7 Å². The van der Waals surface area contributed by atoms with Crippen molar-refractivity contribution in [2.45, 2.75) is 26.1 Å². The zero-order valence-corrected chi connectivity index (χ0v) is 9.93. The SMILES string of the molecule is COC1CN=C(c2ccccc2C(C)C)O1. The smallest absolute Gasteiger partial charge is 0.221 e. The number of benzene rings is 1. The fourth-order valence-electron chi connectivity index (χ4n) is 1.82. The molecule has 16 heavy (non-hydrogen) atoms. The van der Waals surface area contributed by atoms with Crippen LogP contribution >= 0.6 is 0 Å². The first-order valence-corrected chi connectivity index (χ1v) is 5.55. The van der Waals surface area contributed by atoms with Crippen molar-refractivity contribution in [2.24, 2.45) is 4.99 Å². The first-order chi connectivity index (χ1) is 7.72. The van der Waals surface area contributed by atoms with Gasteiger partial charge in [0.2, 0.25) is 12.2 Å². The average molecular weight is 219 g/mol. The zero-order chi connectivity index (χ0) is 11.5. The molecule has 2 rings (SSSR count). The molecular formula is C13H17NO2. The van der Waals surface area contributed by atoms with Gasteiger partial charge in [-0.15, -0.1) is 0 Å². The van der Waals surface area contributed by atoms with Gasteiger partial charge in [0.15, 0.2) is 0 Å². The number of hydrogen-bond donors (Lipinski definition) is 0. The summed E-state index contributed by atoms with van der Waals surface area (Å²) in [4.78, 5) is 4.37. The third-order valence-corrected chi connectivity index (χ3v) is 2.70. The van der Waals surface area contributed by atoms with Crippen molar-refractivity contribution < 1.29 is 9.47 Å². The van der Waals surface area contributed by atoms with Crippen molar-refractivity contribution in [3.63, 3.8) is 0 Å². The van der Waals surface area contributed by atoms with Gasteiger partial charge in [-0.05, 0) is 17.5 Å². The molecule has 1 aliphatic heterocycles. The molecule has 0 aliphatic carbocycles. The van der Waals surface area contributed by atoms with Gasteiger partial charge >= 0.3 is 0 Å². The first-order valence-electron chi connectivity index (χ1n) is 5.55. The molecule has 1 unspecified atom stereocenters. The van der Waals surface area contributed by atoms with Gasteiger partial charge in [-0.25, -0.2) is 4.99 Å². The number of ether oxygens (including phenoxy) is 2. The number of hydrogen-bond acceptors (Lipinski definition) is 3. The monoisotopic (exact) mass is 219 g/mol. The van der Waals surface area contributed by atoms with E-state index in [1.807, 2.05) is 18.2 Å². The maximum absolute atomic E-state index is 5.62. The summed E-state index contributed by atoms with van der Waals surface area (Å²) in [7, 11) is 1.64. The Morgan fingerprint density at radius 1 is 1.38 bits per heavy atom. The lowest BCUT2D eigenvalue weighted by molar-refractivity contribution is -0.0402. The van der Waals surface area contributed by atoms with E-state index in [9.17, 15) is 0 Å². The molecule has 0 aromatic heterocycles. The summed E-state index contributed by atoms with van der Waals surface area (Å²) in [5, 5.41) is 0. The van der Waals surface area contributed by atoms with Gasteiger partial charge in [0.05, 0.1) is 0 Å². The van der Waals surface area contributed by atoms with Crippen molar-refractivity contribution in [3.8, 4) is 0 Å². The summed E-state index contributed by atoms with van der Waals surface area (Å²) < 4.78 is 10.7. The van der Waals surface area contributed by atoms with E-state index in [0.717, 1.165) is 5.56 Å². The van der Waals surface area contributed by atoms with Gasteiger partial charge < -0.3 is 9.47 Å². The summed E-state index contributed by atoms with van der Waals surface area (Å²) >= 11 is 0. The Morgan fingerprint density at radius 3 is 2.75 bits per heavy atom. The highest BCUT2D eigenvalue weighted by atomic mass is 16.7. The predicted octanol–water partition coefficient (Wildman–Crippen LogP) is 2.56. The fraction of sp³-hybridized carbons (Fsp3) is 0.462. The van der Waals surface area contributed by atoms with Gasteiger partial charge in [0.25, 0.3) is 0 Å². The molecule has 0 bridgehead atoms. The maximum Gasteiger partial charge on any atom is 0.221 e. The molecule has 0 spiro atoms. The number of methoxy groups -OCH3 is 1. The molecular weight excluding hydrogens is 202 g/mol. The summed E-state index contributed by atoms with van der Waals surface area (Å²) in [6.07, 6.45) is -0.227. The minimum atomic E-state index is -0.227. The molecule has 1 aliphatic rings. The van der Waals surface area contributed by atoms with Crippen LogP contribution in [0, 0.1) is 0 Å². The lowest BCUT2D eigenvalue weighted by atomic mass is 9.97. The Kier molecular flexibility index (Phi) is 3.25. The lowest BCUT2D eigenvalue weighted by Crippen LogP contribution is -2.16. The van der Waals surface area contributed by atoms with E-state index in [2.05, 4.69) is 24.9 Å². The molecule has 0 radical (unpaired) electrons. The number of rotatable bonds is 3. The van der Waals surface area contributed by atoms with Crippen molar-refractivity contribution in [3.05, 3.63) is 35.4 Å². The summed E-state index contributed by atoms with van der Waals surface area (Å²) in [6, 6.07) is 8.22. The standard InChI is InChI=1S/C13H17NO2/c1-9(2)10-6-4-5-7-11(10)13-14-8-12(15-3)16-13/h4-7,9,12H,8H2,1-3H3. The molecule has 0 N–H and O–H groups in total. The van der Waals surface area contributed by atoms with Gasteiger partial charge in [-0.2, -0.15) is 0 Å². The van der Waals surface area contributed by atoms with E-state index >= 15 is 0 Å². The highest BCUT2D eigenvalue weighted by molar-refractivity contribution is 5.96. The molecule has 3 nitrogen and oxygen atoms in total. The van der Waals surface area contributed by atoms with Crippen LogP contribution in [-0.4, -0.2) is 25.8 Å². The van der Waals surface area contributed by atoms with Crippen LogP contribution in [0.1, 0.15) is 30.9 Å². The van der Waals surface area contributed by atoms with Gasteiger partial charge in [0.1, 0.15) is 6.54 Å². The summed E-state index contributed by atoms with van der Waals surface area (Å²) in [6.45, 7) is 4.92. The van der Waals surface area contributed by atoms with E-state index in [0.29, 0.717) is 18.4 Å². The van der Waals surface area contributed by atoms with Crippen LogP contribution in [0.25, 0.3) is 0 Å². The van der Waals surface area contributed by atoms with Crippen molar-refractivity contribution in [1.82, 2.24) is 0 Å². The Balaban J connectivity index is 2.28. The average Bonchev–Trinajstić information content (AvgIpc) is 2.77. The molecule has 0 amide bonds. The largest absolute Gasteiger partial charge is 0.446 e. The molecule has 1 atom stereocenters. The van der Waals surface area contributed by atoms with E-state index in [4.69, 9.17) is 9.47 Å². The normalized spacial score (nSPS) is 19.8. The van der Waals surface area contributed by atoms with Crippen LogP contribution in [0.3, 0.4) is 0 Å². The first kappa shape index (κ1) is 11.1. The van der Waals surface area contributed by atoms with Gasteiger partial charge in [-0.1, -0.05) is 32.0 Å². The second-order valence-corrected chi connectivity index (χ2v) is 4.17. The third kappa shape index (κ3) is 2.09. The Hall–Kier alpha value is -1.35. The number of aliphatic imine (C=N–C) groups is 1. The third-order valence-electron chi connectivity index (χ3n) is 2.70. The molecule has 3 heteroatoms. The Bertz CT molecular complexity index is 399. The maximum atomic E-state index is 5.62. The van der Waals surface area contributed by atoms with Crippen LogP contribution in [-0.2, 0) is 9.47 Å². The zero-order valence-electron chi connectivity index (χ0n) is 9.93. The van der Waals surface area contributed by atoms with E-state index in [1.165, 1.54) is 5.56 Å². The minimum absolute atomic E-state index is 0.227. The Morgan fingerprint density at radius 2 is 2.12 bits per heavy atom. The van der Waals surface area contributed by atoms with E-state index in [1.54, 1.807) is 7.11 Å². The van der Waals surface area contributed by atoms with Crippen LogP contribution in [0.2, 0.25) is 0 Å². The van der Waals surface area contributed by atoms with Crippen molar-refractivity contribution in [1.29, 1.82) is 0 Å². The molecule has 0 fully saturated rings. The van der Waals surface area contributed by atoms with Crippen LogP contribution in [0.5, 0.6) is 0 Å². The molecule has 0 saturated heterocycles. The molecule has 1 aromatic rings. The molecule has 0 saturated carbocycles. The second-order valence-electron chi connectivity index (χ2n) is 4.17. The fourth-order valence-corrected chi connectivity index (χ4v) is 1.82. The predicted molar refractivity (Wildman–Crippen MR) is 63.8 cm³/mol. The highest BCUT2D eigenvalue weighted by Gasteiger charge is 2.22. The quantitative estimate of drug-likeness (QED) is 0.782. The molecule has 86 valence electrons. The van der Waals surface area contributed by atoms with Crippen LogP contribution in [0.4, 0.5) is 0 Å².